The van der Waals surface area contributed by atoms with Crippen molar-refractivity contribution in [1.29, 1.82) is 0 Å². The summed E-state index contributed by atoms with van der Waals surface area (Å²) < 4.78 is 5.47. The van der Waals surface area contributed by atoms with Gasteiger partial charge in [-0.25, -0.2) is 0 Å². The molecular formula is C15H19ClN2O2. The molecule has 20 heavy (non-hydrogen) atoms. The van der Waals surface area contributed by atoms with Crippen LogP contribution in [0.5, 0.6) is 0 Å². The number of piperazine rings is 1. The van der Waals surface area contributed by atoms with Crippen LogP contribution >= 0.6 is 11.6 Å². The minimum atomic E-state index is -0.201. The molecule has 0 spiro atoms. The van der Waals surface area contributed by atoms with Crippen LogP contribution < -0.4 is 4.90 Å². The van der Waals surface area contributed by atoms with E-state index in [2.05, 4.69) is 11.0 Å². The van der Waals surface area contributed by atoms with Gasteiger partial charge in [-0.2, -0.15) is 0 Å². The molecule has 1 aromatic rings. The smallest absolute Gasteiger partial charge is 0.251 e. The molecule has 0 bridgehead atoms. The van der Waals surface area contributed by atoms with Gasteiger partial charge < -0.3 is 14.5 Å². The van der Waals surface area contributed by atoms with Crippen LogP contribution in [0.25, 0.3) is 0 Å². The molecule has 1 atom stereocenters. The summed E-state index contributed by atoms with van der Waals surface area (Å²) in [6, 6.07) is 7.87. The summed E-state index contributed by atoms with van der Waals surface area (Å²) in [6.45, 7) is 3.92. The zero-order valence-electron chi connectivity index (χ0n) is 11.4. The second-order valence-corrected chi connectivity index (χ2v) is 5.73. The Morgan fingerprint density at radius 3 is 2.70 bits per heavy atom. The quantitative estimate of drug-likeness (QED) is 0.838. The molecule has 2 fully saturated rings. The molecule has 0 unspecified atom stereocenters. The van der Waals surface area contributed by atoms with E-state index in [0.717, 1.165) is 56.3 Å². The van der Waals surface area contributed by atoms with Gasteiger partial charge in [0, 0.05) is 43.5 Å². The summed E-state index contributed by atoms with van der Waals surface area (Å²) in [5, 5.41) is 0.750. The normalized spacial score (nSPS) is 23.1. The highest BCUT2D eigenvalue weighted by molar-refractivity contribution is 6.30. The SMILES string of the molecule is O=C([C@@H]1CCCO1)N1CCN(c2cccc(Cl)c2)CC1. The first-order valence-electron chi connectivity index (χ1n) is 7.15. The van der Waals surface area contributed by atoms with E-state index in [-0.39, 0.29) is 12.0 Å². The van der Waals surface area contributed by atoms with Gasteiger partial charge in [0.1, 0.15) is 6.10 Å². The van der Waals surface area contributed by atoms with Crippen molar-refractivity contribution >= 4 is 23.2 Å². The van der Waals surface area contributed by atoms with E-state index in [1.807, 2.05) is 23.1 Å². The number of nitrogens with zero attached hydrogens (tertiary/aromatic N) is 2. The Hall–Kier alpha value is -1.26. The number of ether oxygens (including phenoxy) is 1. The Labute approximate surface area is 124 Å². The van der Waals surface area contributed by atoms with Crippen molar-refractivity contribution in [1.82, 2.24) is 4.90 Å². The van der Waals surface area contributed by atoms with Gasteiger partial charge in [-0.1, -0.05) is 17.7 Å². The van der Waals surface area contributed by atoms with Crippen LogP contribution in [-0.4, -0.2) is 49.7 Å². The molecule has 2 heterocycles. The molecule has 4 nitrogen and oxygen atoms in total. The fraction of sp³-hybridized carbons (Fsp3) is 0.533. The summed E-state index contributed by atoms with van der Waals surface area (Å²) in [7, 11) is 0. The highest BCUT2D eigenvalue weighted by atomic mass is 35.5. The molecule has 0 aliphatic carbocycles. The maximum absolute atomic E-state index is 12.3. The number of hydrogen-bond acceptors (Lipinski definition) is 3. The van der Waals surface area contributed by atoms with E-state index in [9.17, 15) is 4.79 Å². The second-order valence-electron chi connectivity index (χ2n) is 5.29. The Kier molecular flexibility index (Phi) is 4.13. The minimum absolute atomic E-state index is 0.160. The molecule has 0 saturated carbocycles. The maximum atomic E-state index is 12.3. The summed E-state index contributed by atoms with van der Waals surface area (Å²) in [6.07, 6.45) is 1.67. The van der Waals surface area contributed by atoms with E-state index < -0.39 is 0 Å². The molecule has 1 amide bonds. The van der Waals surface area contributed by atoms with Crippen LogP contribution in [0, 0.1) is 0 Å². The third kappa shape index (κ3) is 2.91. The first-order chi connectivity index (χ1) is 9.74. The van der Waals surface area contributed by atoms with Crippen molar-refractivity contribution in [3.05, 3.63) is 29.3 Å². The standard InChI is InChI=1S/C15H19ClN2O2/c16-12-3-1-4-13(11-12)17-6-8-18(9-7-17)15(19)14-5-2-10-20-14/h1,3-4,11,14H,2,5-10H2/t14-/m0/s1. The van der Waals surface area contributed by atoms with Gasteiger partial charge in [0.25, 0.3) is 5.91 Å². The van der Waals surface area contributed by atoms with Crippen molar-refractivity contribution in [2.45, 2.75) is 18.9 Å². The number of amides is 1. The number of carbonyl (C=O) groups is 1. The lowest BCUT2D eigenvalue weighted by molar-refractivity contribution is -0.141. The van der Waals surface area contributed by atoms with Gasteiger partial charge in [-0.15, -0.1) is 0 Å². The van der Waals surface area contributed by atoms with Gasteiger partial charge in [0.15, 0.2) is 0 Å². The zero-order valence-corrected chi connectivity index (χ0v) is 12.2. The molecule has 2 aliphatic heterocycles. The molecular weight excluding hydrogens is 276 g/mol. The van der Waals surface area contributed by atoms with Crippen LogP contribution in [0.15, 0.2) is 24.3 Å². The van der Waals surface area contributed by atoms with E-state index in [1.54, 1.807) is 0 Å². The van der Waals surface area contributed by atoms with Gasteiger partial charge in [0.2, 0.25) is 0 Å². The molecule has 0 radical (unpaired) electrons. The molecule has 108 valence electrons. The lowest BCUT2D eigenvalue weighted by Crippen LogP contribution is -2.51. The van der Waals surface area contributed by atoms with E-state index in [1.165, 1.54) is 0 Å². The number of halogens is 1. The van der Waals surface area contributed by atoms with Gasteiger partial charge >= 0.3 is 0 Å². The molecule has 0 N–H and O–H groups in total. The topological polar surface area (TPSA) is 32.8 Å². The zero-order chi connectivity index (χ0) is 13.9. The van der Waals surface area contributed by atoms with Crippen molar-refractivity contribution in [2.75, 3.05) is 37.7 Å². The molecule has 3 rings (SSSR count). The maximum Gasteiger partial charge on any atom is 0.251 e. The van der Waals surface area contributed by atoms with E-state index in [4.69, 9.17) is 16.3 Å². The number of anilines is 1. The highest BCUT2D eigenvalue weighted by Gasteiger charge is 2.30. The van der Waals surface area contributed by atoms with Crippen LogP contribution in [0.2, 0.25) is 5.02 Å². The molecule has 0 aromatic heterocycles. The summed E-state index contributed by atoms with van der Waals surface area (Å²) in [5.41, 5.74) is 1.13. The minimum Gasteiger partial charge on any atom is -0.368 e. The average Bonchev–Trinajstić information content (AvgIpc) is 3.01. The summed E-state index contributed by atoms with van der Waals surface area (Å²) >= 11 is 6.02. The third-order valence-electron chi connectivity index (χ3n) is 3.97. The Morgan fingerprint density at radius 2 is 2.05 bits per heavy atom. The molecule has 2 saturated heterocycles. The van der Waals surface area contributed by atoms with Crippen molar-refractivity contribution in [3.63, 3.8) is 0 Å². The fourth-order valence-corrected chi connectivity index (χ4v) is 3.02. The monoisotopic (exact) mass is 294 g/mol. The number of rotatable bonds is 2. The lowest BCUT2D eigenvalue weighted by atomic mass is 10.2. The number of carbonyl (C=O) groups excluding carboxylic acids is 1. The summed E-state index contributed by atoms with van der Waals surface area (Å²) in [4.78, 5) is 16.5. The van der Waals surface area contributed by atoms with Gasteiger partial charge in [0.05, 0.1) is 0 Å². The predicted molar refractivity (Wildman–Crippen MR) is 79.2 cm³/mol. The Balaban J connectivity index is 1.58. The van der Waals surface area contributed by atoms with E-state index in [0.29, 0.717) is 0 Å². The number of hydrogen-bond donors (Lipinski definition) is 0. The van der Waals surface area contributed by atoms with Crippen molar-refractivity contribution in [2.24, 2.45) is 0 Å². The van der Waals surface area contributed by atoms with Gasteiger partial charge in [-0.05, 0) is 31.0 Å². The Morgan fingerprint density at radius 1 is 1.25 bits per heavy atom. The predicted octanol–water partition coefficient (Wildman–Crippen LogP) is 2.17. The van der Waals surface area contributed by atoms with E-state index >= 15 is 0 Å². The largest absolute Gasteiger partial charge is 0.368 e. The second kappa shape index (κ2) is 6.02. The van der Waals surface area contributed by atoms with Crippen molar-refractivity contribution in [3.8, 4) is 0 Å². The number of benzene rings is 1. The fourth-order valence-electron chi connectivity index (χ4n) is 2.83. The lowest BCUT2D eigenvalue weighted by Gasteiger charge is -2.37. The highest BCUT2D eigenvalue weighted by Crippen LogP contribution is 2.22. The molecule has 2 aliphatic rings. The first kappa shape index (κ1) is 13.7. The van der Waals surface area contributed by atoms with Crippen LogP contribution in [0.3, 0.4) is 0 Å². The van der Waals surface area contributed by atoms with Crippen LogP contribution in [0.4, 0.5) is 5.69 Å². The summed E-state index contributed by atoms with van der Waals surface area (Å²) in [5.74, 6) is 0.160. The average molecular weight is 295 g/mol. The Bertz CT molecular complexity index is 481. The van der Waals surface area contributed by atoms with Crippen LogP contribution in [0.1, 0.15) is 12.8 Å². The van der Waals surface area contributed by atoms with Gasteiger partial charge in [-0.3, -0.25) is 4.79 Å². The van der Waals surface area contributed by atoms with Crippen molar-refractivity contribution < 1.29 is 9.53 Å². The first-order valence-corrected chi connectivity index (χ1v) is 7.53. The third-order valence-corrected chi connectivity index (χ3v) is 4.20. The van der Waals surface area contributed by atoms with Crippen LogP contribution in [-0.2, 0) is 9.53 Å². The molecule has 1 aromatic carbocycles. The molecule has 5 heteroatoms.